The number of benzene rings is 2. The number of rotatable bonds is 4. The minimum absolute atomic E-state index is 0.142. The molecule has 1 unspecified atom stereocenters. The fourth-order valence-corrected chi connectivity index (χ4v) is 3.86. The lowest BCUT2D eigenvalue weighted by molar-refractivity contribution is 0.0917. The average molecular weight is 351 g/mol. The molecule has 0 saturated heterocycles. The van der Waals surface area contributed by atoms with Crippen molar-refractivity contribution >= 4 is 38.4 Å². The van der Waals surface area contributed by atoms with Crippen LogP contribution in [0.3, 0.4) is 0 Å². The summed E-state index contributed by atoms with van der Waals surface area (Å²) < 4.78 is 2.95. The number of hydrogen-bond acceptors (Lipinski definition) is 4. The van der Waals surface area contributed by atoms with E-state index in [4.69, 9.17) is 0 Å². The summed E-state index contributed by atoms with van der Waals surface area (Å²) in [5, 5.41) is 14.7. The Morgan fingerprint density at radius 2 is 2.00 bits per heavy atom. The standard InChI is InChI=1S/C19H17N3O2S/c1-22-11-13(12-6-2-4-8-15(12)22)16(23)10-20-18(24)19-21-14-7-3-5-9-17(14)25-19/h2-9,11,16,23H,10H2,1H3,(H,20,24). The summed E-state index contributed by atoms with van der Waals surface area (Å²) in [5.41, 5.74) is 2.67. The van der Waals surface area contributed by atoms with Crippen molar-refractivity contribution in [3.05, 3.63) is 65.3 Å². The first-order valence-electron chi connectivity index (χ1n) is 7.99. The van der Waals surface area contributed by atoms with E-state index >= 15 is 0 Å². The van der Waals surface area contributed by atoms with Crippen molar-refractivity contribution in [1.82, 2.24) is 14.9 Å². The summed E-state index contributed by atoms with van der Waals surface area (Å²) in [6, 6.07) is 15.5. The van der Waals surface area contributed by atoms with Crippen LogP contribution in [0.15, 0.2) is 54.7 Å². The molecule has 5 nitrogen and oxygen atoms in total. The van der Waals surface area contributed by atoms with E-state index < -0.39 is 6.10 Å². The van der Waals surface area contributed by atoms with Gasteiger partial charge in [-0.1, -0.05) is 30.3 Å². The Balaban J connectivity index is 1.51. The van der Waals surface area contributed by atoms with Crippen LogP contribution in [0.5, 0.6) is 0 Å². The van der Waals surface area contributed by atoms with Gasteiger partial charge >= 0.3 is 0 Å². The number of hydrogen-bond donors (Lipinski definition) is 2. The van der Waals surface area contributed by atoms with Crippen LogP contribution in [0.25, 0.3) is 21.1 Å². The highest BCUT2D eigenvalue weighted by atomic mass is 32.1. The molecule has 0 aliphatic carbocycles. The van der Waals surface area contributed by atoms with Crippen molar-refractivity contribution in [3.8, 4) is 0 Å². The number of aliphatic hydroxyl groups excluding tert-OH is 1. The van der Waals surface area contributed by atoms with Crippen LogP contribution < -0.4 is 5.32 Å². The third-order valence-electron chi connectivity index (χ3n) is 4.23. The molecule has 1 amide bonds. The van der Waals surface area contributed by atoms with Gasteiger partial charge in [-0.15, -0.1) is 11.3 Å². The zero-order chi connectivity index (χ0) is 17.4. The SMILES string of the molecule is Cn1cc(C(O)CNC(=O)c2nc3ccccc3s2)c2ccccc21. The number of carbonyl (C=O) groups excluding carboxylic acids is 1. The minimum Gasteiger partial charge on any atom is -0.386 e. The molecular formula is C19H17N3O2S. The van der Waals surface area contributed by atoms with Crippen LogP contribution in [0.2, 0.25) is 0 Å². The van der Waals surface area contributed by atoms with Gasteiger partial charge in [-0.05, 0) is 18.2 Å². The topological polar surface area (TPSA) is 67.2 Å². The summed E-state index contributed by atoms with van der Waals surface area (Å²) in [4.78, 5) is 16.7. The Morgan fingerprint density at radius 1 is 1.24 bits per heavy atom. The molecule has 0 spiro atoms. The lowest BCUT2D eigenvalue weighted by atomic mass is 10.1. The second-order valence-corrected chi connectivity index (χ2v) is 6.96. The van der Waals surface area contributed by atoms with Crippen molar-refractivity contribution in [2.24, 2.45) is 7.05 Å². The quantitative estimate of drug-likeness (QED) is 0.593. The third kappa shape index (κ3) is 2.90. The van der Waals surface area contributed by atoms with Gasteiger partial charge in [-0.25, -0.2) is 4.98 Å². The monoisotopic (exact) mass is 351 g/mol. The molecule has 2 heterocycles. The molecule has 6 heteroatoms. The molecular weight excluding hydrogens is 334 g/mol. The van der Waals surface area contributed by atoms with Gasteiger partial charge < -0.3 is 15.0 Å². The second-order valence-electron chi connectivity index (χ2n) is 5.93. The highest BCUT2D eigenvalue weighted by molar-refractivity contribution is 7.20. The Hall–Kier alpha value is -2.70. The zero-order valence-corrected chi connectivity index (χ0v) is 14.5. The number of thiazole rings is 1. The predicted molar refractivity (Wildman–Crippen MR) is 99.8 cm³/mol. The van der Waals surface area contributed by atoms with Gasteiger partial charge in [0.05, 0.1) is 16.3 Å². The Bertz CT molecular complexity index is 1030. The summed E-state index contributed by atoms with van der Waals surface area (Å²) in [5.74, 6) is -0.263. The Labute approximate surface area is 148 Å². The Kier molecular flexibility index (Phi) is 3.99. The summed E-state index contributed by atoms with van der Waals surface area (Å²) in [7, 11) is 1.94. The number of carbonyl (C=O) groups is 1. The first-order valence-corrected chi connectivity index (χ1v) is 8.81. The predicted octanol–water partition coefficient (Wildman–Crippen LogP) is 3.25. The van der Waals surface area contributed by atoms with Crippen LogP contribution in [0.1, 0.15) is 21.5 Å². The maximum Gasteiger partial charge on any atom is 0.280 e. The van der Waals surface area contributed by atoms with E-state index in [1.54, 1.807) is 0 Å². The van der Waals surface area contributed by atoms with E-state index in [0.717, 1.165) is 26.7 Å². The number of amides is 1. The van der Waals surface area contributed by atoms with Crippen molar-refractivity contribution in [3.63, 3.8) is 0 Å². The number of nitrogens with zero attached hydrogens (tertiary/aromatic N) is 2. The molecule has 0 aliphatic rings. The molecule has 1 atom stereocenters. The van der Waals surface area contributed by atoms with E-state index in [1.807, 2.05) is 66.3 Å². The number of para-hydroxylation sites is 2. The van der Waals surface area contributed by atoms with Crippen molar-refractivity contribution in [1.29, 1.82) is 0 Å². The number of nitrogens with one attached hydrogen (secondary N) is 1. The van der Waals surface area contributed by atoms with Crippen molar-refractivity contribution in [2.75, 3.05) is 6.54 Å². The molecule has 2 aromatic heterocycles. The number of fused-ring (bicyclic) bond motifs is 2. The number of aliphatic hydroxyl groups is 1. The van der Waals surface area contributed by atoms with Crippen LogP contribution in [-0.2, 0) is 7.05 Å². The number of aryl methyl sites for hydroxylation is 1. The Morgan fingerprint density at radius 3 is 2.84 bits per heavy atom. The van der Waals surface area contributed by atoms with Gasteiger partial charge in [-0.2, -0.15) is 0 Å². The first-order chi connectivity index (χ1) is 12.1. The van der Waals surface area contributed by atoms with E-state index in [9.17, 15) is 9.90 Å². The minimum atomic E-state index is -0.774. The van der Waals surface area contributed by atoms with Crippen LogP contribution in [0.4, 0.5) is 0 Å². The molecule has 126 valence electrons. The second kappa shape index (κ2) is 6.31. The van der Waals surface area contributed by atoms with Gasteiger partial charge in [-0.3, -0.25) is 4.79 Å². The summed E-state index contributed by atoms with van der Waals surface area (Å²) in [6.45, 7) is 0.142. The van der Waals surface area contributed by atoms with Crippen LogP contribution >= 0.6 is 11.3 Å². The highest BCUT2D eigenvalue weighted by Gasteiger charge is 2.17. The normalized spacial score (nSPS) is 12.6. The lowest BCUT2D eigenvalue weighted by Crippen LogP contribution is -2.28. The number of aromatic nitrogens is 2. The van der Waals surface area contributed by atoms with Crippen molar-refractivity contribution in [2.45, 2.75) is 6.10 Å². The first kappa shape index (κ1) is 15.8. The molecule has 0 radical (unpaired) electrons. The van der Waals surface area contributed by atoms with Gasteiger partial charge in [0, 0.05) is 36.3 Å². The van der Waals surface area contributed by atoms with Crippen molar-refractivity contribution < 1.29 is 9.90 Å². The largest absolute Gasteiger partial charge is 0.386 e. The van der Waals surface area contributed by atoms with Crippen LogP contribution in [-0.4, -0.2) is 27.1 Å². The fourth-order valence-electron chi connectivity index (χ4n) is 2.98. The van der Waals surface area contributed by atoms with E-state index in [-0.39, 0.29) is 12.5 Å². The molecule has 0 aliphatic heterocycles. The zero-order valence-electron chi connectivity index (χ0n) is 13.6. The molecule has 0 fully saturated rings. The van der Waals surface area contributed by atoms with Gasteiger partial charge in [0.1, 0.15) is 0 Å². The van der Waals surface area contributed by atoms with Gasteiger partial charge in [0.2, 0.25) is 0 Å². The van der Waals surface area contributed by atoms with E-state index in [0.29, 0.717) is 5.01 Å². The van der Waals surface area contributed by atoms with E-state index in [1.165, 1.54) is 11.3 Å². The average Bonchev–Trinajstić information content (AvgIpc) is 3.21. The maximum absolute atomic E-state index is 12.3. The smallest absolute Gasteiger partial charge is 0.280 e. The molecule has 0 bridgehead atoms. The summed E-state index contributed by atoms with van der Waals surface area (Å²) in [6.07, 6.45) is 1.13. The van der Waals surface area contributed by atoms with Gasteiger partial charge in [0.15, 0.2) is 5.01 Å². The van der Waals surface area contributed by atoms with Gasteiger partial charge in [0.25, 0.3) is 5.91 Å². The molecule has 4 aromatic rings. The molecule has 2 N–H and O–H groups in total. The molecule has 25 heavy (non-hydrogen) atoms. The summed E-state index contributed by atoms with van der Waals surface area (Å²) >= 11 is 1.35. The fraction of sp³-hybridized carbons (Fsp3) is 0.158. The molecule has 0 saturated carbocycles. The maximum atomic E-state index is 12.3. The molecule has 4 rings (SSSR count). The van der Waals surface area contributed by atoms with E-state index in [2.05, 4.69) is 10.3 Å². The third-order valence-corrected chi connectivity index (χ3v) is 5.27. The lowest BCUT2D eigenvalue weighted by Gasteiger charge is -2.10. The van der Waals surface area contributed by atoms with Crippen LogP contribution in [0, 0.1) is 0 Å². The molecule has 2 aromatic carbocycles. The highest BCUT2D eigenvalue weighted by Crippen LogP contribution is 2.26.